The molecule has 1 heterocycles. The van der Waals surface area contributed by atoms with E-state index in [1.165, 1.54) is 0 Å². The lowest BCUT2D eigenvalue weighted by molar-refractivity contribution is 0.154. The summed E-state index contributed by atoms with van der Waals surface area (Å²) < 4.78 is 7.36. The van der Waals surface area contributed by atoms with Gasteiger partial charge in [0.25, 0.3) is 0 Å². The summed E-state index contributed by atoms with van der Waals surface area (Å²) in [6.07, 6.45) is 0.917. The molecular formula is C14H16ClN3O. The van der Waals surface area contributed by atoms with Crippen LogP contribution in [0, 0.1) is 11.3 Å². The Balaban J connectivity index is 2.68. The van der Waals surface area contributed by atoms with Crippen molar-refractivity contribution in [1.29, 1.82) is 5.26 Å². The molecule has 0 amide bonds. The number of rotatable bonds is 5. The van der Waals surface area contributed by atoms with Crippen molar-refractivity contribution < 1.29 is 4.74 Å². The average Bonchev–Trinajstić information content (AvgIpc) is 2.83. The molecule has 0 fully saturated rings. The molecule has 4 nitrogen and oxygen atoms in total. The summed E-state index contributed by atoms with van der Waals surface area (Å²) in [6.45, 7) is 2.70. The van der Waals surface area contributed by atoms with E-state index in [1.807, 2.05) is 12.1 Å². The van der Waals surface area contributed by atoms with Gasteiger partial charge in [-0.2, -0.15) is 5.26 Å². The molecule has 0 N–H and O–H groups in total. The van der Waals surface area contributed by atoms with Crippen LogP contribution in [0.5, 0.6) is 0 Å². The number of hydrogen-bond acceptors (Lipinski definition) is 3. The van der Waals surface area contributed by atoms with Gasteiger partial charge in [-0.25, -0.2) is 4.98 Å². The topological polar surface area (TPSA) is 50.8 Å². The van der Waals surface area contributed by atoms with Crippen LogP contribution in [-0.2, 0) is 10.6 Å². The summed E-state index contributed by atoms with van der Waals surface area (Å²) in [6, 6.07) is 7.97. The number of ether oxygens (including phenoxy) is 1. The number of nitrogens with zero attached hydrogens (tertiary/aromatic N) is 3. The highest BCUT2D eigenvalue weighted by Gasteiger charge is 2.18. The number of fused-ring (bicyclic) bond motifs is 1. The van der Waals surface area contributed by atoms with E-state index >= 15 is 0 Å². The van der Waals surface area contributed by atoms with Gasteiger partial charge in [0.1, 0.15) is 17.4 Å². The fraction of sp³-hybridized carbons (Fsp3) is 0.429. The third-order valence-electron chi connectivity index (χ3n) is 3.23. The molecule has 0 aliphatic heterocycles. The summed E-state index contributed by atoms with van der Waals surface area (Å²) in [5.74, 6) is 1.10. The molecule has 100 valence electrons. The third-order valence-corrected chi connectivity index (χ3v) is 3.47. The molecule has 0 bridgehead atoms. The summed E-state index contributed by atoms with van der Waals surface area (Å²) in [7, 11) is 1.68. The smallest absolute Gasteiger partial charge is 0.125 e. The second-order valence-corrected chi connectivity index (χ2v) is 4.60. The van der Waals surface area contributed by atoms with Crippen LogP contribution in [-0.4, -0.2) is 23.3 Å². The number of nitriles is 1. The van der Waals surface area contributed by atoms with Crippen molar-refractivity contribution in [3.05, 3.63) is 29.6 Å². The summed E-state index contributed by atoms with van der Waals surface area (Å²) in [4.78, 5) is 4.51. The molecule has 0 aliphatic carbocycles. The zero-order valence-electron chi connectivity index (χ0n) is 11.1. The van der Waals surface area contributed by atoms with Crippen LogP contribution in [0.15, 0.2) is 18.2 Å². The van der Waals surface area contributed by atoms with E-state index in [0.29, 0.717) is 18.1 Å². The first-order valence-corrected chi connectivity index (χ1v) is 6.75. The van der Waals surface area contributed by atoms with Gasteiger partial charge in [0.05, 0.1) is 29.6 Å². The van der Waals surface area contributed by atoms with Gasteiger partial charge in [-0.05, 0) is 18.6 Å². The van der Waals surface area contributed by atoms with E-state index < -0.39 is 0 Å². The molecule has 0 saturated heterocycles. The van der Waals surface area contributed by atoms with Gasteiger partial charge in [-0.3, -0.25) is 0 Å². The number of benzene rings is 1. The SMILES string of the molecule is CCC(COC)n1c(CCl)nc2c(C#N)cccc21. The highest BCUT2D eigenvalue weighted by Crippen LogP contribution is 2.26. The Hall–Kier alpha value is -1.57. The predicted molar refractivity (Wildman–Crippen MR) is 75.2 cm³/mol. The fourth-order valence-electron chi connectivity index (χ4n) is 2.32. The maximum absolute atomic E-state index is 9.15. The van der Waals surface area contributed by atoms with E-state index in [2.05, 4.69) is 22.5 Å². The minimum atomic E-state index is 0.178. The van der Waals surface area contributed by atoms with Crippen LogP contribution < -0.4 is 0 Å². The first-order chi connectivity index (χ1) is 9.26. The Labute approximate surface area is 117 Å². The number of methoxy groups -OCH3 is 1. The second-order valence-electron chi connectivity index (χ2n) is 4.33. The summed E-state index contributed by atoms with van der Waals surface area (Å²) in [5.41, 5.74) is 2.24. The maximum atomic E-state index is 9.15. The number of aromatic nitrogens is 2. The predicted octanol–water partition coefficient (Wildman–Crippen LogP) is 3.24. The Morgan fingerprint density at radius 2 is 2.32 bits per heavy atom. The first-order valence-electron chi connectivity index (χ1n) is 6.21. The van der Waals surface area contributed by atoms with Crippen LogP contribution >= 0.6 is 11.6 Å². The van der Waals surface area contributed by atoms with Crippen molar-refractivity contribution >= 4 is 22.6 Å². The highest BCUT2D eigenvalue weighted by molar-refractivity contribution is 6.16. The highest BCUT2D eigenvalue weighted by atomic mass is 35.5. The van der Waals surface area contributed by atoms with E-state index in [9.17, 15) is 0 Å². The minimum absolute atomic E-state index is 0.178. The standard InChI is InChI=1S/C14H16ClN3O/c1-3-11(9-19-2)18-12-6-4-5-10(8-16)14(12)17-13(18)7-15/h4-6,11H,3,7,9H2,1-2H3. The van der Waals surface area contributed by atoms with Gasteiger partial charge in [-0.1, -0.05) is 13.0 Å². The first kappa shape index (κ1) is 13.9. The van der Waals surface area contributed by atoms with E-state index in [0.717, 1.165) is 23.3 Å². The molecule has 19 heavy (non-hydrogen) atoms. The summed E-state index contributed by atoms with van der Waals surface area (Å²) in [5, 5.41) is 9.15. The number of imidazole rings is 1. The molecule has 1 aromatic heterocycles. The van der Waals surface area contributed by atoms with Crippen molar-refractivity contribution in [2.24, 2.45) is 0 Å². The monoisotopic (exact) mass is 277 g/mol. The minimum Gasteiger partial charge on any atom is -0.383 e. The molecule has 1 unspecified atom stereocenters. The normalized spacial score (nSPS) is 12.5. The third kappa shape index (κ3) is 2.44. The van der Waals surface area contributed by atoms with Gasteiger partial charge in [-0.15, -0.1) is 11.6 Å². The molecule has 2 rings (SSSR count). The van der Waals surface area contributed by atoms with Gasteiger partial charge in [0, 0.05) is 7.11 Å². The zero-order chi connectivity index (χ0) is 13.8. The van der Waals surface area contributed by atoms with Crippen LogP contribution in [0.2, 0.25) is 0 Å². The maximum Gasteiger partial charge on any atom is 0.125 e. The van der Waals surface area contributed by atoms with Crippen LogP contribution in [0.3, 0.4) is 0 Å². The van der Waals surface area contributed by atoms with Gasteiger partial charge >= 0.3 is 0 Å². The second kappa shape index (κ2) is 6.05. The van der Waals surface area contributed by atoms with Crippen molar-refractivity contribution in [2.75, 3.05) is 13.7 Å². The molecular weight excluding hydrogens is 262 g/mol. The molecule has 0 spiro atoms. The van der Waals surface area contributed by atoms with Gasteiger partial charge in [0.2, 0.25) is 0 Å². The number of halogens is 1. The van der Waals surface area contributed by atoms with Crippen LogP contribution in [0.25, 0.3) is 11.0 Å². The Morgan fingerprint density at radius 1 is 1.53 bits per heavy atom. The van der Waals surface area contributed by atoms with Crippen LogP contribution in [0.1, 0.15) is 30.8 Å². The van der Waals surface area contributed by atoms with Gasteiger partial charge in [0.15, 0.2) is 0 Å². The lowest BCUT2D eigenvalue weighted by atomic mass is 10.2. The Kier molecular flexibility index (Phi) is 4.41. The fourth-order valence-corrected chi connectivity index (χ4v) is 2.51. The van der Waals surface area contributed by atoms with E-state index in [1.54, 1.807) is 13.2 Å². The molecule has 5 heteroatoms. The average molecular weight is 278 g/mol. The van der Waals surface area contributed by atoms with Crippen LogP contribution in [0.4, 0.5) is 0 Å². The molecule has 1 aromatic carbocycles. The number of alkyl halides is 1. The largest absolute Gasteiger partial charge is 0.383 e. The Morgan fingerprint density at radius 3 is 2.89 bits per heavy atom. The number of hydrogen-bond donors (Lipinski definition) is 0. The van der Waals surface area contributed by atoms with Gasteiger partial charge < -0.3 is 9.30 Å². The quantitative estimate of drug-likeness (QED) is 0.788. The number of para-hydroxylation sites is 1. The molecule has 2 aromatic rings. The summed E-state index contributed by atoms with van der Waals surface area (Å²) >= 11 is 5.99. The molecule has 0 saturated carbocycles. The van der Waals surface area contributed by atoms with Crippen molar-refractivity contribution in [2.45, 2.75) is 25.3 Å². The van der Waals surface area contributed by atoms with Crippen molar-refractivity contribution in [1.82, 2.24) is 9.55 Å². The van der Waals surface area contributed by atoms with Crippen molar-refractivity contribution in [3.63, 3.8) is 0 Å². The van der Waals surface area contributed by atoms with E-state index in [-0.39, 0.29) is 6.04 Å². The molecule has 0 radical (unpaired) electrons. The van der Waals surface area contributed by atoms with E-state index in [4.69, 9.17) is 21.6 Å². The lowest BCUT2D eigenvalue weighted by Gasteiger charge is -2.19. The molecule has 1 atom stereocenters. The van der Waals surface area contributed by atoms with Crippen molar-refractivity contribution in [3.8, 4) is 6.07 Å². The Bertz CT molecular complexity index is 615. The lowest BCUT2D eigenvalue weighted by Crippen LogP contribution is -2.16. The molecule has 0 aliphatic rings. The zero-order valence-corrected chi connectivity index (χ0v) is 11.8.